The van der Waals surface area contributed by atoms with Crippen LogP contribution in [-0.4, -0.2) is 21.3 Å². The number of carbonyl (C=O) groups is 1. The van der Waals surface area contributed by atoms with E-state index < -0.39 is 0 Å². The van der Waals surface area contributed by atoms with Crippen LogP contribution >= 0.6 is 11.6 Å². The second-order valence-electron chi connectivity index (χ2n) is 4.28. The normalized spacial score (nSPS) is 11.0. The van der Waals surface area contributed by atoms with Crippen LogP contribution in [0.3, 0.4) is 0 Å². The summed E-state index contributed by atoms with van der Waals surface area (Å²) in [5.41, 5.74) is 8.37. The highest BCUT2D eigenvalue weighted by atomic mass is 35.5. The van der Waals surface area contributed by atoms with E-state index in [-0.39, 0.29) is 5.91 Å². The van der Waals surface area contributed by atoms with Crippen molar-refractivity contribution < 1.29 is 4.79 Å². The molecule has 0 saturated heterocycles. The van der Waals surface area contributed by atoms with Crippen LogP contribution in [0.15, 0.2) is 18.2 Å². The summed E-state index contributed by atoms with van der Waals surface area (Å²) in [4.78, 5) is 15.5. The third kappa shape index (κ3) is 2.48. The maximum atomic E-state index is 10.9. The Kier molecular flexibility index (Phi) is 3.87. The molecule has 0 saturated carbocycles. The van der Waals surface area contributed by atoms with Crippen molar-refractivity contribution >= 4 is 28.5 Å². The fraction of sp³-hybridized carbons (Fsp3) is 0.385. The van der Waals surface area contributed by atoms with Gasteiger partial charge in [-0.1, -0.05) is 12.1 Å². The number of halogens is 1. The summed E-state index contributed by atoms with van der Waals surface area (Å²) < 4.78 is 2.05. The molecule has 2 aromatic rings. The smallest absolute Gasteiger partial charge is 0.219 e. The highest BCUT2D eigenvalue weighted by Crippen LogP contribution is 2.21. The number of hydrogen-bond donors (Lipinski definition) is 1. The fourth-order valence-electron chi connectivity index (χ4n) is 2.15. The van der Waals surface area contributed by atoms with Crippen molar-refractivity contribution in [2.75, 3.05) is 5.88 Å². The lowest BCUT2D eigenvalue weighted by atomic mass is 10.2. The summed E-state index contributed by atoms with van der Waals surface area (Å²) in [6.07, 6.45) is 1.00. The Balaban J connectivity index is 2.50. The molecule has 0 spiro atoms. The monoisotopic (exact) mass is 265 g/mol. The molecule has 0 radical (unpaired) electrons. The van der Waals surface area contributed by atoms with Gasteiger partial charge in [0.2, 0.25) is 5.91 Å². The molecule has 5 heteroatoms. The SMILES string of the molecule is Cc1cccc2nc(CCCl)n(CCC(N)=O)c12. The number of rotatable bonds is 5. The van der Waals surface area contributed by atoms with E-state index in [2.05, 4.69) is 9.55 Å². The van der Waals surface area contributed by atoms with Crippen LogP contribution in [0.25, 0.3) is 11.0 Å². The van der Waals surface area contributed by atoms with Crippen LogP contribution in [0.5, 0.6) is 0 Å². The minimum atomic E-state index is -0.303. The number of fused-ring (bicyclic) bond motifs is 1. The number of aromatic nitrogens is 2. The Bertz CT molecular complexity index is 577. The number of hydrogen-bond acceptors (Lipinski definition) is 2. The van der Waals surface area contributed by atoms with Crippen molar-refractivity contribution in [2.24, 2.45) is 5.73 Å². The lowest BCUT2D eigenvalue weighted by molar-refractivity contribution is -0.118. The first-order chi connectivity index (χ1) is 8.63. The molecular formula is C13H16ClN3O. The van der Waals surface area contributed by atoms with Gasteiger partial charge in [-0.25, -0.2) is 4.98 Å². The number of nitrogens with two attached hydrogens (primary N) is 1. The molecule has 0 aliphatic heterocycles. The summed E-state index contributed by atoms with van der Waals surface area (Å²) in [5.74, 6) is 1.12. The number of para-hydroxylation sites is 1. The van der Waals surface area contributed by atoms with Gasteiger partial charge < -0.3 is 10.3 Å². The van der Waals surface area contributed by atoms with Gasteiger partial charge in [0.25, 0.3) is 0 Å². The second kappa shape index (κ2) is 5.40. The van der Waals surface area contributed by atoms with Gasteiger partial charge in [0.05, 0.1) is 11.0 Å². The number of benzene rings is 1. The van der Waals surface area contributed by atoms with Gasteiger partial charge in [-0.2, -0.15) is 0 Å². The van der Waals surface area contributed by atoms with Crippen molar-refractivity contribution in [2.45, 2.75) is 26.3 Å². The van der Waals surface area contributed by atoms with E-state index in [4.69, 9.17) is 17.3 Å². The number of primary amides is 1. The lowest BCUT2D eigenvalue weighted by Crippen LogP contribution is -2.15. The highest BCUT2D eigenvalue weighted by molar-refractivity contribution is 6.17. The summed E-state index contributed by atoms with van der Waals surface area (Å²) in [5, 5.41) is 0. The lowest BCUT2D eigenvalue weighted by Gasteiger charge is -2.08. The standard InChI is InChI=1S/C13H16ClN3O/c1-9-3-2-4-10-13(9)17(8-6-11(15)18)12(16-10)5-7-14/h2-4H,5-8H2,1H3,(H2,15,18). The van der Waals surface area contributed by atoms with Gasteiger partial charge in [0.1, 0.15) is 5.82 Å². The predicted octanol–water partition coefficient (Wildman–Crippen LogP) is 2.00. The zero-order valence-corrected chi connectivity index (χ0v) is 11.1. The average Bonchev–Trinajstić information content (AvgIpc) is 2.66. The molecule has 0 aliphatic rings. The van der Waals surface area contributed by atoms with E-state index in [1.807, 2.05) is 25.1 Å². The van der Waals surface area contributed by atoms with Crippen LogP contribution < -0.4 is 5.73 Å². The first-order valence-corrected chi connectivity index (χ1v) is 6.46. The zero-order chi connectivity index (χ0) is 13.1. The number of nitrogens with zero attached hydrogens (tertiary/aromatic N) is 2. The van der Waals surface area contributed by atoms with Crippen molar-refractivity contribution in [1.82, 2.24) is 9.55 Å². The number of alkyl halides is 1. The highest BCUT2D eigenvalue weighted by Gasteiger charge is 2.12. The number of amides is 1. The van der Waals surface area contributed by atoms with Crippen LogP contribution in [0.4, 0.5) is 0 Å². The Labute approximate surface area is 111 Å². The van der Waals surface area contributed by atoms with Crippen molar-refractivity contribution in [3.63, 3.8) is 0 Å². The molecular weight excluding hydrogens is 250 g/mol. The van der Waals surface area contributed by atoms with Gasteiger partial charge in [0, 0.05) is 25.3 Å². The third-order valence-electron chi connectivity index (χ3n) is 2.95. The van der Waals surface area contributed by atoms with E-state index in [1.165, 1.54) is 0 Å². The molecule has 0 bridgehead atoms. The summed E-state index contributed by atoms with van der Waals surface area (Å²) in [6, 6.07) is 5.99. The third-order valence-corrected chi connectivity index (χ3v) is 3.14. The topological polar surface area (TPSA) is 60.9 Å². The molecule has 0 aliphatic carbocycles. The largest absolute Gasteiger partial charge is 0.370 e. The minimum absolute atomic E-state index is 0.303. The van der Waals surface area contributed by atoms with Crippen molar-refractivity contribution in [3.8, 4) is 0 Å². The van der Waals surface area contributed by atoms with Crippen LogP contribution in [0, 0.1) is 6.92 Å². The molecule has 1 amide bonds. The Morgan fingerprint density at radius 3 is 2.94 bits per heavy atom. The molecule has 1 aromatic heterocycles. The van der Waals surface area contributed by atoms with Gasteiger partial charge >= 0.3 is 0 Å². The molecule has 4 nitrogen and oxygen atoms in total. The van der Waals surface area contributed by atoms with Gasteiger partial charge in [-0.05, 0) is 18.6 Å². The molecule has 96 valence electrons. The van der Waals surface area contributed by atoms with E-state index in [1.54, 1.807) is 0 Å². The molecule has 0 atom stereocenters. The molecule has 1 aromatic carbocycles. The fourth-order valence-corrected chi connectivity index (χ4v) is 2.32. The molecule has 0 unspecified atom stereocenters. The van der Waals surface area contributed by atoms with E-state index in [9.17, 15) is 4.79 Å². The maximum absolute atomic E-state index is 10.9. The van der Waals surface area contributed by atoms with Crippen LogP contribution in [-0.2, 0) is 17.8 Å². The minimum Gasteiger partial charge on any atom is -0.370 e. The van der Waals surface area contributed by atoms with E-state index in [0.29, 0.717) is 25.3 Å². The Morgan fingerprint density at radius 2 is 2.28 bits per heavy atom. The Morgan fingerprint density at radius 1 is 1.50 bits per heavy atom. The van der Waals surface area contributed by atoms with E-state index in [0.717, 1.165) is 22.4 Å². The number of aryl methyl sites for hydroxylation is 3. The second-order valence-corrected chi connectivity index (χ2v) is 4.66. The first-order valence-electron chi connectivity index (χ1n) is 5.92. The molecule has 0 fully saturated rings. The molecule has 1 heterocycles. The van der Waals surface area contributed by atoms with E-state index >= 15 is 0 Å². The Hall–Kier alpha value is -1.55. The quantitative estimate of drug-likeness (QED) is 0.841. The molecule has 2 N–H and O–H groups in total. The average molecular weight is 266 g/mol. The summed E-state index contributed by atoms with van der Waals surface area (Å²) in [7, 11) is 0. The zero-order valence-electron chi connectivity index (χ0n) is 10.3. The van der Waals surface area contributed by atoms with Crippen molar-refractivity contribution in [3.05, 3.63) is 29.6 Å². The van der Waals surface area contributed by atoms with Gasteiger partial charge in [0.15, 0.2) is 0 Å². The van der Waals surface area contributed by atoms with Gasteiger partial charge in [-0.15, -0.1) is 11.6 Å². The van der Waals surface area contributed by atoms with Crippen molar-refractivity contribution in [1.29, 1.82) is 0 Å². The number of carbonyl (C=O) groups excluding carboxylic acids is 1. The van der Waals surface area contributed by atoms with Gasteiger partial charge in [-0.3, -0.25) is 4.79 Å². The van der Waals surface area contributed by atoms with Crippen LogP contribution in [0.2, 0.25) is 0 Å². The number of imidazole rings is 1. The summed E-state index contributed by atoms with van der Waals surface area (Å²) >= 11 is 5.79. The molecule has 18 heavy (non-hydrogen) atoms. The van der Waals surface area contributed by atoms with Crippen LogP contribution in [0.1, 0.15) is 17.8 Å². The predicted molar refractivity (Wildman–Crippen MR) is 72.7 cm³/mol. The maximum Gasteiger partial charge on any atom is 0.219 e. The summed E-state index contributed by atoms with van der Waals surface area (Å²) in [6.45, 7) is 2.60. The first kappa shape index (κ1) is 12.9. The molecule has 2 rings (SSSR count).